The van der Waals surface area contributed by atoms with Crippen LogP contribution in [0.2, 0.25) is 5.02 Å². The summed E-state index contributed by atoms with van der Waals surface area (Å²) in [6.45, 7) is 3.30. The number of halogens is 3. The fourth-order valence-electron chi connectivity index (χ4n) is 1.66. The molecule has 7 heteroatoms. The minimum atomic E-state index is -0.473. The highest BCUT2D eigenvalue weighted by Crippen LogP contribution is 2.31. The third-order valence-corrected chi connectivity index (χ3v) is 3.74. The quantitative estimate of drug-likeness (QED) is 0.876. The summed E-state index contributed by atoms with van der Waals surface area (Å²) in [5.41, 5.74) is 0.0507. The van der Waals surface area contributed by atoms with Gasteiger partial charge in [-0.1, -0.05) is 11.6 Å². The SMILES string of the molecule is CC1(OCC(=O)Nc2c(Cl)cc(F)cc2Br)CNC1. The van der Waals surface area contributed by atoms with E-state index in [1.165, 1.54) is 6.07 Å². The van der Waals surface area contributed by atoms with Crippen LogP contribution in [0.15, 0.2) is 16.6 Å². The topological polar surface area (TPSA) is 50.4 Å². The van der Waals surface area contributed by atoms with Gasteiger partial charge in [0.1, 0.15) is 12.4 Å². The molecular formula is C12H13BrClFN2O2. The maximum Gasteiger partial charge on any atom is 0.250 e. The summed E-state index contributed by atoms with van der Waals surface area (Å²) >= 11 is 9.02. The van der Waals surface area contributed by atoms with Crippen molar-refractivity contribution in [3.8, 4) is 0 Å². The van der Waals surface area contributed by atoms with Gasteiger partial charge in [-0.05, 0) is 35.0 Å². The number of benzene rings is 1. The third kappa shape index (κ3) is 3.66. The van der Waals surface area contributed by atoms with Crippen LogP contribution in [0.4, 0.5) is 10.1 Å². The van der Waals surface area contributed by atoms with Crippen LogP contribution in [0.25, 0.3) is 0 Å². The minimum absolute atomic E-state index is 0.0711. The first kappa shape index (κ1) is 14.7. The zero-order valence-electron chi connectivity index (χ0n) is 10.2. The van der Waals surface area contributed by atoms with Gasteiger partial charge < -0.3 is 15.4 Å². The Bertz CT molecular complexity index is 485. The second-order valence-electron chi connectivity index (χ2n) is 4.63. The Morgan fingerprint density at radius 1 is 1.63 bits per heavy atom. The average Bonchev–Trinajstić information content (AvgIpc) is 2.28. The fraction of sp³-hybridized carbons (Fsp3) is 0.417. The molecule has 2 N–H and O–H groups in total. The lowest BCUT2D eigenvalue weighted by Gasteiger charge is -2.38. The predicted octanol–water partition coefficient (Wildman–Crippen LogP) is 2.56. The van der Waals surface area contributed by atoms with E-state index < -0.39 is 5.82 Å². The Kier molecular flexibility index (Phi) is 4.45. The molecule has 1 aliphatic rings. The molecule has 1 aromatic rings. The number of nitrogens with one attached hydrogen (secondary N) is 2. The maximum atomic E-state index is 13.0. The van der Waals surface area contributed by atoms with Crippen LogP contribution < -0.4 is 10.6 Å². The van der Waals surface area contributed by atoms with E-state index in [-0.39, 0.29) is 23.1 Å². The molecule has 0 saturated carbocycles. The van der Waals surface area contributed by atoms with Crippen LogP contribution in [-0.4, -0.2) is 31.2 Å². The Hall–Kier alpha value is -0.690. The Morgan fingerprint density at radius 2 is 2.32 bits per heavy atom. The van der Waals surface area contributed by atoms with Crippen molar-refractivity contribution < 1.29 is 13.9 Å². The molecule has 1 fully saturated rings. The van der Waals surface area contributed by atoms with Crippen molar-refractivity contribution in [2.24, 2.45) is 0 Å². The predicted molar refractivity (Wildman–Crippen MR) is 75.0 cm³/mol. The van der Waals surface area contributed by atoms with Gasteiger partial charge in [-0.15, -0.1) is 0 Å². The van der Waals surface area contributed by atoms with E-state index >= 15 is 0 Å². The number of ether oxygens (including phenoxy) is 1. The molecule has 0 aromatic heterocycles. The number of hydrogen-bond acceptors (Lipinski definition) is 3. The van der Waals surface area contributed by atoms with Crippen molar-refractivity contribution in [2.75, 3.05) is 25.0 Å². The van der Waals surface area contributed by atoms with Gasteiger partial charge in [-0.2, -0.15) is 0 Å². The summed E-state index contributed by atoms with van der Waals surface area (Å²) in [6.07, 6.45) is 0. The van der Waals surface area contributed by atoms with Crippen LogP contribution in [0.5, 0.6) is 0 Å². The molecule has 0 aliphatic carbocycles. The number of anilines is 1. The van der Waals surface area contributed by atoms with Gasteiger partial charge >= 0.3 is 0 Å². The molecule has 4 nitrogen and oxygen atoms in total. The number of carbonyl (C=O) groups is 1. The second-order valence-corrected chi connectivity index (χ2v) is 5.90. The molecule has 1 aromatic carbocycles. The molecule has 0 atom stereocenters. The van der Waals surface area contributed by atoms with Crippen molar-refractivity contribution in [2.45, 2.75) is 12.5 Å². The first-order valence-corrected chi connectivity index (χ1v) is 6.86. The molecule has 0 unspecified atom stereocenters. The van der Waals surface area contributed by atoms with Gasteiger partial charge in [0.25, 0.3) is 0 Å². The molecule has 0 bridgehead atoms. The smallest absolute Gasteiger partial charge is 0.250 e. The first-order chi connectivity index (χ1) is 8.89. The van der Waals surface area contributed by atoms with Crippen molar-refractivity contribution in [3.63, 3.8) is 0 Å². The molecule has 1 heterocycles. The normalized spacial score (nSPS) is 16.8. The second kappa shape index (κ2) is 5.75. The van der Waals surface area contributed by atoms with E-state index in [0.717, 1.165) is 19.2 Å². The highest BCUT2D eigenvalue weighted by atomic mass is 79.9. The van der Waals surface area contributed by atoms with Crippen molar-refractivity contribution in [1.29, 1.82) is 0 Å². The van der Waals surface area contributed by atoms with E-state index in [2.05, 4.69) is 26.6 Å². The van der Waals surface area contributed by atoms with Gasteiger partial charge in [0, 0.05) is 17.6 Å². The molecule has 1 saturated heterocycles. The maximum absolute atomic E-state index is 13.0. The molecule has 1 amide bonds. The van der Waals surface area contributed by atoms with E-state index in [0.29, 0.717) is 10.2 Å². The summed E-state index contributed by atoms with van der Waals surface area (Å²) in [5.74, 6) is -0.804. The van der Waals surface area contributed by atoms with E-state index in [9.17, 15) is 9.18 Å². The first-order valence-electron chi connectivity index (χ1n) is 5.69. The lowest BCUT2D eigenvalue weighted by atomic mass is 10.0. The molecule has 0 spiro atoms. The van der Waals surface area contributed by atoms with Gasteiger partial charge in [-0.25, -0.2) is 4.39 Å². The van der Waals surface area contributed by atoms with Crippen LogP contribution in [0, 0.1) is 5.82 Å². The van der Waals surface area contributed by atoms with Gasteiger partial charge in [-0.3, -0.25) is 4.79 Å². The van der Waals surface area contributed by atoms with Crippen molar-refractivity contribution in [1.82, 2.24) is 5.32 Å². The number of rotatable bonds is 4. The highest BCUT2D eigenvalue weighted by Gasteiger charge is 2.33. The lowest BCUT2D eigenvalue weighted by molar-refractivity contribution is -0.130. The van der Waals surface area contributed by atoms with E-state index in [1.54, 1.807) is 0 Å². The molecular weight excluding hydrogens is 338 g/mol. The van der Waals surface area contributed by atoms with Gasteiger partial charge in [0.15, 0.2) is 0 Å². The third-order valence-electron chi connectivity index (χ3n) is 2.82. The standard InChI is InChI=1S/C12H13BrClFN2O2/c1-12(5-16-6-12)19-4-10(18)17-11-8(13)2-7(15)3-9(11)14/h2-3,16H,4-6H2,1H3,(H,17,18). The van der Waals surface area contributed by atoms with Crippen LogP contribution in [-0.2, 0) is 9.53 Å². The van der Waals surface area contributed by atoms with E-state index in [4.69, 9.17) is 16.3 Å². The molecule has 1 aliphatic heterocycles. The minimum Gasteiger partial charge on any atom is -0.363 e. The van der Waals surface area contributed by atoms with Crippen LogP contribution in [0.1, 0.15) is 6.92 Å². The van der Waals surface area contributed by atoms with Gasteiger partial charge in [0.2, 0.25) is 5.91 Å². The zero-order valence-corrected chi connectivity index (χ0v) is 12.6. The Labute approximate surface area is 123 Å². The molecule has 2 rings (SSSR count). The molecule has 0 radical (unpaired) electrons. The molecule has 104 valence electrons. The van der Waals surface area contributed by atoms with E-state index in [1.807, 2.05) is 6.92 Å². The monoisotopic (exact) mass is 350 g/mol. The fourth-order valence-corrected chi connectivity index (χ4v) is 2.55. The number of carbonyl (C=O) groups excluding carboxylic acids is 1. The van der Waals surface area contributed by atoms with Crippen LogP contribution >= 0.6 is 27.5 Å². The number of amides is 1. The summed E-state index contributed by atoms with van der Waals surface area (Å²) in [7, 11) is 0. The number of hydrogen-bond donors (Lipinski definition) is 2. The summed E-state index contributed by atoms with van der Waals surface area (Å²) in [4.78, 5) is 11.8. The van der Waals surface area contributed by atoms with Crippen molar-refractivity contribution in [3.05, 3.63) is 27.4 Å². The zero-order chi connectivity index (χ0) is 14.0. The molecule has 19 heavy (non-hydrogen) atoms. The average molecular weight is 352 g/mol. The summed E-state index contributed by atoms with van der Waals surface area (Å²) in [6, 6.07) is 2.37. The van der Waals surface area contributed by atoms with Crippen molar-refractivity contribution >= 4 is 39.1 Å². The lowest BCUT2D eigenvalue weighted by Crippen LogP contribution is -2.59. The Balaban J connectivity index is 1.95. The Morgan fingerprint density at radius 3 is 2.84 bits per heavy atom. The largest absolute Gasteiger partial charge is 0.363 e. The highest BCUT2D eigenvalue weighted by molar-refractivity contribution is 9.10. The summed E-state index contributed by atoms with van der Waals surface area (Å²) in [5, 5.41) is 5.81. The van der Waals surface area contributed by atoms with Crippen LogP contribution in [0.3, 0.4) is 0 Å². The summed E-state index contributed by atoms with van der Waals surface area (Å²) < 4.78 is 18.9. The van der Waals surface area contributed by atoms with Gasteiger partial charge in [0.05, 0.1) is 16.3 Å².